The first kappa shape index (κ1) is 18.0. The molecule has 0 atom stereocenters. The summed E-state index contributed by atoms with van der Waals surface area (Å²) in [6.45, 7) is 1.30. The van der Waals surface area contributed by atoms with Crippen LogP contribution in [-0.2, 0) is 7.05 Å². The van der Waals surface area contributed by atoms with Crippen molar-refractivity contribution in [3.8, 4) is 11.4 Å². The minimum absolute atomic E-state index is 0.0618. The van der Waals surface area contributed by atoms with Crippen LogP contribution in [0.2, 0.25) is 0 Å². The summed E-state index contributed by atoms with van der Waals surface area (Å²) in [4.78, 5) is 44.0. The van der Waals surface area contributed by atoms with Gasteiger partial charge >= 0.3 is 0 Å². The predicted octanol–water partition coefficient (Wildman–Crippen LogP) is 1.73. The second kappa shape index (κ2) is 7.67. The summed E-state index contributed by atoms with van der Waals surface area (Å²) < 4.78 is 1.53. The first-order valence-corrected chi connectivity index (χ1v) is 9.18. The third-order valence-corrected chi connectivity index (χ3v) is 5.02. The number of pyridine rings is 1. The zero-order valence-electron chi connectivity index (χ0n) is 15.5. The van der Waals surface area contributed by atoms with Gasteiger partial charge in [0, 0.05) is 44.5 Å². The van der Waals surface area contributed by atoms with E-state index in [1.807, 2.05) is 11.0 Å². The van der Waals surface area contributed by atoms with Crippen LogP contribution in [0.1, 0.15) is 23.3 Å². The van der Waals surface area contributed by atoms with E-state index in [0.29, 0.717) is 49.0 Å². The molecule has 3 aromatic rings. The molecule has 0 amide bonds. The minimum atomic E-state index is -0.148. The lowest BCUT2D eigenvalue weighted by Crippen LogP contribution is -2.40. The van der Waals surface area contributed by atoms with Gasteiger partial charge in [0.15, 0.2) is 5.78 Å². The Bertz CT molecular complexity index is 1030. The van der Waals surface area contributed by atoms with Crippen LogP contribution in [0.25, 0.3) is 11.4 Å². The molecule has 1 saturated heterocycles. The smallest absolute Gasteiger partial charge is 0.255 e. The van der Waals surface area contributed by atoms with E-state index in [4.69, 9.17) is 0 Å². The molecule has 1 aliphatic heterocycles. The molecular formula is C20H20N6O2. The zero-order valence-corrected chi connectivity index (χ0v) is 15.5. The molecule has 4 heterocycles. The molecule has 0 radical (unpaired) electrons. The first-order chi connectivity index (χ1) is 13.6. The summed E-state index contributed by atoms with van der Waals surface area (Å²) >= 11 is 0. The third kappa shape index (κ3) is 3.53. The van der Waals surface area contributed by atoms with Gasteiger partial charge in [-0.3, -0.25) is 19.1 Å². The van der Waals surface area contributed by atoms with E-state index in [2.05, 4.69) is 19.9 Å². The number of piperidine rings is 1. The molecule has 0 aliphatic carbocycles. The highest BCUT2D eigenvalue weighted by Crippen LogP contribution is 2.25. The van der Waals surface area contributed by atoms with Crippen molar-refractivity contribution in [1.29, 1.82) is 0 Å². The maximum absolute atomic E-state index is 12.6. The normalized spacial score (nSPS) is 14.8. The Balaban J connectivity index is 1.54. The molecule has 8 nitrogen and oxygen atoms in total. The number of carbonyl (C=O) groups excluding carboxylic acids is 1. The number of hydrogen-bond donors (Lipinski definition) is 0. The standard InChI is InChI=1S/C20H20N6O2/c1-25-18(27)12-17(15-5-9-21-13-23-15)24-20(25)26-10-6-14(7-11-26)19(28)16-4-2-3-8-22-16/h2-5,8-9,12-14H,6-7,10-11H2,1H3. The number of hydrogen-bond acceptors (Lipinski definition) is 7. The number of ketones is 1. The molecule has 0 unspecified atom stereocenters. The molecule has 28 heavy (non-hydrogen) atoms. The van der Waals surface area contributed by atoms with Gasteiger partial charge in [-0.1, -0.05) is 6.07 Å². The molecular weight excluding hydrogens is 356 g/mol. The number of aromatic nitrogens is 5. The molecule has 0 saturated carbocycles. The number of Topliss-reactive ketones (excluding diaryl/α,β-unsaturated/α-hetero) is 1. The van der Waals surface area contributed by atoms with E-state index in [-0.39, 0.29) is 17.3 Å². The van der Waals surface area contributed by atoms with E-state index < -0.39 is 0 Å². The topological polar surface area (TPSA) is 93.9 Å². The van der Waals surface area contributed by atoms with Crippen LogP contribution in [0.3, 0.4) is 0 Å². The molecule has 1 aliphatic rings. The Hall–Kier alpha value is -3.42. The second-order valence-corrected chi connectivity index (χ2v) is 6.77. The fourth-order valence-corrected chi connectivity index (χ4v) is 3.44. The van der Waals surface area contributed by atoms with Gasteiger partial charge in [0.1, 0.15) is 12.0 Å². The van der Waals surface area contributed by atoms with Crippen molar-refractivity contribution in [3.63, 3.8) is 0 Å². The highest BCUT2D eigenvalue weighted by atomic mass is 16.1. The SMILES string of the molecule is Cn1c(N2CCC(C(=O)c3ccccn3)CC2)nc(-c2ccncn2)cc1=O. The summed E-state index contributed by atoms with van der Waals surface area (Å²) in [7, 11) is 1.71. The van der Waals surface area contributed by atoms with Crippen molar-refractivity contribution in [2.24, 2.45) is 13.0 Å². The third-order valence-electron chi connectivity index (χ3n) is 5.02. The molecule has 0 aromatic carbocycles. The number of anilines is 1. The Morgan fingerprint density at radius 3 is 2.57 bits per heavy atom. The second-order valence-electron chi connectivity index (χ2n) is 6.77. The van der Waals surface area contributed by atoms with Crippen molar-refractivity contribution in [2.45, 2.75) is 12.8 Å². The highest BCUT2D eigenvalue weighted by Gasteiger charge is 2.28. The van der Waals surface area contributed by atoms with Crippen LogP contribution in [-0.4, -0.2) is 43.4 Å². The summed E-state index contributed by atoms with van der Waals surface area (Å²) in [6, 6.07) is 8.58. The van der Waals surface area contributed by atoms with Gasteiger partial charge in [-0.2, -0.15) is 0 Å². The lowest BCUT2D eigenvalue weighted by molar-refractivity contribution is 0.0895. The van der Waals surface area contributed by atoms with Crippen molar-refractivity contribution in [1.82, 2.24) is 24.5 Å². The van der Waals surface area contributed by atoms with E-state index in [1.54, 1.807) is 37.6 Å². The van der Waals surface area contributed by atoms with Crippen LogP contribution in [0.5, 0.6) is 0 Å². The maximum atomic E-state index is 12.6. The van der Waals surface area contributed by atoms with Gasteiger partial charge in [0.2, 0.25) is 5.95 Å². The fraction of sp³-hybridized carbons (Fsp3) is 0.300. The van der Waals surface area contributed by atoms with Crippen molar-refractivity contribution in [2.75, 3.05) is 18.0 Å². The van der Waals surface area contributed by atoms with Crippen LogP contribution in [0.15, 0.2) is 53.8 Å². The predicted molar refractivity (Wildman–Crippen MR) is 104 cm³/mol. The average Bonchev–Trinajstić information content (AvgIpc) is 2.76. The van der Waals surface area contributed by atoms with Gasteiger partial charge in [-0.25, -0.2) is 15.0 Å². The minimum Gasteiger partial charge on any atom is -0.342 e. The van der Waals surface area contributed by atoms with E-state index >= 15 is 0 Å². The zero-order chi connectivity index (χ0) is 19.5. The Labute approximate surface area is 161 Å². The average molecular weight is 376 g/mol. The van der Waals surface area contributed by atoms with E-state index in [1.165, 1.54) is 17.0 Å². The Morgan fingerprint density at radius 1 is 1.07 bits per heavy atom. The monoisotopic (exact) mass is 376 g/mol. The number of nitrogens with zero attached hydrogens (tertiary/aromatic N) is 6. The summed E-state index contributed by atoms with van der Waals surface area (Å²) in [5, 5.41) is 0. The molecule has 0 N–H and O–H groups in total. The van der Waals surface area contributed by atoms with Crippen LogP contribution < -0.4 is 10.5 Å². The summed E-state index contributed by atoms with van der Waals surface area (Å²) in [5.41, 5.74) is 1.49. The van der Waals surface area contributed by atoms with Crippen molar-refractivity contribution < 1.29 is 4.79 Å². The van der Waals surface area contributed by atoms with Crippen LogP contribution >= 0.6 is 0 Å². The van der Waals surface area contributed by atoms with Crippen LogP contribution in [0, 0.1) is 5.92 Å². The van der Waals surface area contributed by atoms with Gasteiger partial charge in [0.25, 0.3) is 5.56 Å². The number of rotatable bonds is 4. The molecule has 0 spiro atoms. The Kier molecular flexibility index (Phi) is 4.92. The van der Waals surface area contributed by atoms with Crippen LogP contribution in [0.4, 0.5) is 5.95 Å². The molecule has 0 bridgehead atoms. The highest BCUT2D eigenvalue weighted by molar-refractivity contribution is 5.96. The lowest BCUT2D eigenvalue weighted by atomic mass is 9.91. The fourth-order valence-electron chi connectivity index (χ4n) is 3.44. The lowest BCUT2D eigenvalue weighted by Gasteiger charge is -2.32. The maximum Gasteiger partial charge on any atom is 0.255 e. The number of carbonyl (C=O) groups is 1. The molecule has 142 valence electrons. The van der Waals surface area contributed by atoms with E-state index in [9.17, 15) is 9.59 Å². The first-order valence-electron chi connectivity index (χ1n) is 9.18. The van der Waals surface area contributed by atoms with E-state index in [0.717, 1.165) is 0 Å². The summed E-state index contributed by atoms with van der Waals surface area (Å²) in [6.07, 6.45) is 6.09. The van der Waals surface area contributed by atoms with Gasteiger partial charge in [-0.05, 0) is 31.0 Å². The van der Waals surface area contributed by atoms with Gasteiger partial charge in [0.05, 0.1) is 11.4 Å². The molecule has 3 aromatic heterocycles. The largest absolute Gasteiger partial charge is 0.342 e. The molecule has 4 rings (SSSR count). The summed E-state index contributed by atoms with van der Waals surface area (Å²) in [5.74, 6) is 0.606. The van der Waals surface area contributed by atoms with Gasteiger partial charge in [-0.15, -0.1) is 0 Å². The Morgan fingerprint density at radius 2 is 1.89 bits per heavy atom. The van der Waals surface area contributed by atoms with Crippen molar-refractivity contribution >= 4 is 11.7 Å². The van der Waals surface area contributed by atoms with Crippen molar-refractivity contribution in [3.05, 3.63) is 65.1 Å². The quantitative estimate of drug-likeness (QED) is 0.640. The molecule has 1 fully saturated rings. The van der Waals surface area contributed by atoms with Gasteiger partial charge < -0.3 is 4.90 Å². The molecule has 8 heteroatoms.